The summed E-state index contributed by atoms with van der Waals surface area (Å²) < 4.78 is 27.2. The third-order valence-corrected chi connectivity index (χ3v) is 4.91. The van der Waals surface area contributed by atoms with E-state index in [4.69, 9.17) is 13.8 Å². The van der Waals surface area contributed by atoms with Gasteiger partial charge in [0.1, 0.15) is 19.3 Å². The zero-order valence-electron chi connectivity index (χ0n) is 17.4. The highest BCUT2D eigenvalue weighted by atomic mass is 31.2. The number of phosphoric ester groups is 1. The van der Waals surface area contributed by atoms with Gasteiger partial charge in [0, 0.05) is 6.42 Å². The van der Waals surface area contributed by atoms with Gasteiger partial charge in [-0.1, -0.05) is 45.4 Å². The van der Waals surface area contributed by atoms with Crippen LogP contribution in [0.5, 0.6) is 0 Å². The molecule has 0 aliphatic carbocycles. The molecule has 0 heterocycles. The molecule has 8 nitrogen and oxygen atoms in total. The molecule has 27 heavy (non-hydrogen) atoms. The monoisotopic (exact) mass is 412 g/mol. The second kappa shape index (κ2) is 14.5. The lowest BCUT2D eigenvalue weighted by atomic mass is 10.1. The van der Waals surface area contributed by atoms with E-state index in [2.05, 4.69) is 6.92 Å². The lowest BCUT2D eigenvalue weighted by molar-refractivity contribution is -0.870. The van der Waals surface area contributed by atoms with Gasteiger partial charge >= 0.3 is 13.8 Å². The number of hydrogen-bond donors (Lipinski definition) is 2. The summed E-state index contributed by atoms with van der Waals surface area (Å²) in [4.78, 5) is 21.4. The van der Waals surface area contributed by atoms with E-state index in [0.717, 1.165) is 19.3 Å². The number of phosphoric acid groups is 1. The van der Waals surface area contributed by atoms with Crippen LogP contribution >= 0.6 is 7.82 Å². The molecule has 2 atom stereocenters. The summed E-state index contributed by atoms with van der Waals surface area (Å²) in [5.74, 6) is -0.440. The zero-order valence-corrected chi connectivity index (χ0v) is 18.3. The number of aliphatic hydroxyl groups is 1. The first kappa shape index (κ1) is 26.5. The van der Waals surface area contributed by atoms with E-state index in [-0.39, 0.29) is 13.0 Å². The molecule has 0 radical (unpaired) electrons. The number of unbranched alkanes of at least 4 members (excludes halogenated alkanes) is 6. The first-order valence-electron chi connectivity index (χ1n) is 9.82. The van der Waals surface area contributed by atoms with Gasteiger partial charge in [0.2, 0.25) is 0 Å². The van der Waals surface area contributed by atoms with E-state index in [1.165, 1.54) is 25.7 Å². The summed E-state index contributed by atoms with van der Waals surface area (Å²) in [6, 6.07) is 0. The van der Waals surface area contributed by atoms with Crippen LogP contribution in [0, 0.1) is 0 Å². The van der Waals surface area contributed by atoms with E-state index in [9.17, 15) is 19.4 Å². The SMILES string of the molecule is CCCCCCCCCC(=O)O[C@@H](CO)COP(=O)(O)OCC[N+](C)(C)C. The van der Waals surface area contributed by atoms with E-state index >= 15 is 0 Å². The van der Waals surface area contributed by atoms with Crippen molar-refractivity contribution >= 4 is 13.8 Å². The predicted octanol–water partition coefficient (Wildman–Crippen LogP) is 2.87. The fraction of sp³-hybridized carbons (Fsp3) is 0.944. The van der Waals surface area contributed by atoms with Crippen LogP contribution < -0.4 is 0 Å². The van der Waals surface area contributed by atoms with E-state index in [1.54, 1.807) is 0 Å². The molecule has 0 aliphatic heterocycles. The van der Waals surface area contributed by atoms with Crippen LogP contribution in [0.4, 0.5) is 0 Å². The number of likely N-dealkylation sites (N-methyl/N-ethyl adjacent to an activating group) is 1. The third-order valence-electron chi connectivity index (χ3n) is 3.93. The van der Waals surface area contributed by atoms with Gasteiger partial charge in [0.05, 0.1) is 34.4 Å². The molecule has 0 bridgehead atoms. The van der Waals surface area contributed by atoms with E-state index < -0.39 is 33.1 Å². The fourth-order valence-electron chi connectivity index (χ4n) is 2.24. The van der Waals surface area contributed by atoms with Gasteiger partial charge in [-0.3, -0.25) is 13.8 Å². The molecule has 2 N–H and O–H groups in total. The normalized spacial score (nSPS) is 15.3. The van der Waals surface area contributed by atoms with Crippen molar-refractivity contribution in [3.63, 3.8) is 0 Å². The van der Waals surface area contributed by atoms with Crippen molar-refractivity contribution in [2.75, 3.05) is 47.5 Å². The van der Waals surface area contributed by atoms with Gasteiger partial charge < -0.3 is 19.2 Å². The van der Waals surface area contributed by atoms with Crippen molar-refractivity contribution in [3.8, 4) is 0 Å². The van der Waals surface area contributed by atoms with Crippen LogP contribution in [-0.2, 0) is 23.1 Å². The Morgan fingerprint density at radius 3 is 2.19 bits per heavy atom. The summed E-state index contributed by atoms with van der Waals surface area (Å²) in [5, 5.41) is 9.27. The molecule has 0 amide bonds. The Morgan fingerprint density at radius 2 is 1.63 bits per heavy atom. The van der Waals surface area contributed by atoms with Crippen molar-refractivity contribution < 1.29 is 37.6 Å². The number of quaternary nitrogens is 1. The number of aliphatic hydroxyl groups excluding tert-OH is 1. The van der Waals surface area contributed by atoms with Crippen molar-refractivity contribution in [1.29, 1.82) is 0 Å². The summed E-state index contributed by atoms with van der Waals surface area (Å²) in [7, 11) is 1.55. The third kappa shape index (κ3) is 17.3. The molecule has 1 unspecified atom stereocenters. The Balaban J connectivity index is 3.98. The van der Waals surface area contributed by atoms with Gasteiger partial charge in [0.15, 0.2) is 0 Å². The molecule has 0 aromatic heterocycles. The number of carbonyl (C=O) groups is 1. The average Bonchev–Trinajstić information content (AvgIpc) is 2.56. The summed E-state index contributed by atoms with van der Waals surface area (Å²) >= 11 is 0. The maximum atomic E-state index is 11.8. The Bertz CT molecular complexity index is 440. The molecular formula is C18H39NO7P+. The predicted molar refractivity (Wildman–Crippen MR) is 104 cm³/mol. The summed E-state index contributed by atoms with van der Waals surface area (Å²) in [6.45, 7) is 1.88. The number of rotatable bonds is 17. The van der Waals surface area contributed by atoms with Crippen LogP contribution in [0.3, 0.4) is 0 Å². The number of hydrogen-bond acceptors (Lipinski definition) is 6. The smallest absolute Gasteiger partial charge is 0.457 e. The highest BCUT2D eigenvalue weighted by molar-refractivity contribution is 7.47. The quantitative estimate of drug-likeness (QED) is 0.164. The first-order valence-corrected chi connectivity index (χ1v) is 11.3. The number of ether oxygens (including phenoxy) is 1. The van der Waals surface area contributed by atoms with Gasteiger partial charge in [-0.25, -0.2) is 4.57 Å². The van der Waals surface area contributed by atoms with Crippen LogP contribution in [0.15, 0.2) is 0 Å². The minimum atomic E-state index is -4.24. The van der Waals surface area contributed by atoms with Gasteiger partial charge in [0.25, 0.3) is 0 Å². The molecule has 0 saturated heterocycles. The van der Waals surface area contributed by atoms with Crippen molar-refractivity contribution in [2.24, 2.45) is 0 Å². The van der Waals surface area contributed by atoms with Gasteiger partial charge in [-0.05, 0) is 6.42 Å². The highest BCUT2D eigenvalue weighted by Crippen LogP contribution is 2.43. The summed E-state index contributed by atoms with van der Waals surface area (Å²) in [5.41, 5.74) is 0. The Morgan fingerprint density at radius 1 is 1.04 bits per heavy atom. The maximum absolute atomic E-state index is 11.8. The minimum Gasteiger partial charge on any atom is -0.457 e. The van der Waals surface area contributed by atoms with E-state index in [1.807, 2.05) is 21.1 Å². The van der Waals surface area contributed by atoms with Crippen LogP contribution in [0.2, 0.25) is 0 Å². The maximum Gasteiger partial charge on any atom is 0.472 e. The molecular weight excluding hydrogens is 373 g/mol. The number of carbonyl (C=O) groups excluding carboxylic acids is 1. The second-order valence-corrected chi connectivity index (χ2v) is 9.23. The summed E-state index contributed by atoms with van der Waals surface area (Å²) in [6.07, 6.45) is 6.93. The van der Waals surface area contributed by atoms with E-state index in [0.29, 0.717) is 11.0 Å². The second-order valence-electron chi connectivity index (χ2n) is 7.78. The molecule has 0 saturated carbocycles. The Kier molecular flexibility index (Phi) is 14.2. The topological polar surface area (TPSA) is 102 Å². The lowest BCUT2D eigenvalue weighted by Gasteiger charge is -2.24. The largest absolute Gasteiger partial charge is 0.472 e. The Labute approximate surface area is 164 Å². The molecule has 0 fully saturated rings. The average molecular weight is 412 g/mol. The molecule has 162 valence electrons. The van der Waals surface area contributed by atoms with Crippen LogP contribution in [0.1, 0.15) is 58.3 Å². The van der Waals surface area contributed by atoms with Crippen LogP contribution in [-0.4, -0.2) is 74.1 Å². The Hall–Kier alpha value is -0.500. The number of nitrogens with zero attached hydrogens (tertiary/aromatic N) is 1. The molecule has 0 aliphatic rings. The molecule has 9 heteroatoms. The minimum absolute atomic E-state index is 0.0547. The molecule has 0 rings (SSSR count). The number of esters is 1. The van der Waals surface area contributed by atoms with Crippen molar-refractivity contribution in [2.45, 2.75) is 64.4 Å². The highest BCUT2D eigenvalue weighted by Gasteiger charge is 2.25. The molecule has 0 aromatic carbocycles. The fourth-order valence-corrected chi connectivity index (χ4v) is 2.98. The first-order chi connectivity index (χ1) is 12.6. The van der Waals surface area contributed by atoms with Gasteiger partial charge in [-0.15, -0.1) is 0 Å². The van der Waals surface area contributed by atoms with Crippen LogP contribution in [0.25, 0.3) is 0 Å². The lowest BCUT2D eigenvalue weighted by Crippen LogP contribution is -2.37. The molecule has 0 aromatic rings. The zero-order chi connectivity index (χ0) is 20.8. The van der Waals surface area contributed by atoms with Crippen molar-refractivity contribution in [1.82, 2.24) is 0 Å². The van der Waals surface area contributed by atoms with Crippen molar-refractivity contribution in [3.05, 3.63) is 0 Å². The molecule has 0 spiro atoms. The van der Waals surface area contributed by atoms with Gasteiger partial charge in [-0.2, -0.15) is 0 Å². The standard InChI is InChI=1S/C18H38NO7P/c1-5-6-7-8-9-10-11-12-18(21)26-17(15-20)16-25-27(22,23)24-14-13-19(2,3)4/h17,20H,5-16H2,1-4H3/p+1/t17-/m0/s1.